The highest BCUT2D eigenvalue weighted by atomic mass is 32.2. The summed E-state index contributed by atoms with van der Waals surface area (Å²) in [5, 5.41) is 14.1. The molecule has 1 fully saturated rings. The van der Waals surface area contributed by atoms with Crippen molar-refractivity contribution in [2.24, 2.45) is 0 Å². The predicted molar refractivity (Wildman–Crippen MR) is 71.6 cm³/mol. The van der Waals surface area contributed by atoms with Crippen LogP contribution in [0.2, 0.25) is 0 Å². The SMILES string of the molecule is CC(C)NCc1nnc(NC2CCS(=O)(=O)CC2)o1. The normalized spacial score (nSPS) is 19.7. The van der Waals surface area contributed by atoms with Crippen LogP contribution in [0.25, 0.3) is 0 Å². The van der Waals surface area contributed by atoms with Gasteiger partial charge >= 0.3 is 6.01 Å². The van der Waals surface area contributed by atoms with Crippen molar-refractivity contribution in [3.05, 3.63) is 5.89 Å². The number of hydrogen-bond acceptors (Lipinski definition) is 7. The fraction of sp³-hybridized carbons (Fsp3) is 0.818. The van der Waals surface area contributed by atoms with Gasteiger partial charge in [0.1, 0.15) is 9.84 Å². The van der Waals surface area contributed by atoms with E-state index in [2.05, 4.69) is 20.8 Å². The number of hydrogen-bond donors (Lipinski definition) is 2. The van der Waals surface area contributed by atoms with E-state index in [-0.39, 0.29) is 17.5 Å². The smallest absolute Gasteiger partial charge is 0.315 e. The molecule has 1 saturated heterocycles. The Bertz CT molecular complexity index is 498. The van der Waals surface area contributed by atoms with Crippen LogP contribution in [0.15, 0.2) is 4.42 Å². The van der Waals surface area contributed by atoms with Gasteiger partial charge in [0.15, 0.2) is 0 Å². The van der Waals surface area contributed by atoms with Crippen molar-refractivity contribution in [2.75, 3.05) is 16.8 Å². The minimum atomic E-state index is -2.84. The van der Waals surface area contributed by atoms with Gasteiger partial charge in [-0.3, -0.25) is 0 Å². The van der Waals surface area contributed by atoms with Gasteiger partial charge in [0, 0.05) is 12.1 Å². The molecular formula is C11H20N4O3S. The van der Waals surface area contributed by atoms with Gasteiger partial charge in [-0.25, -0.2) is 8.42 Å². The van der Waals surface area contributed by atoms with Crippen LogP contribution in [0.5, 0.6) is 0 Å². The first-order chi connectivity index (χ1) is 8.94. The molecule has 0 aromatic carbocycles. The van der Waals surface area contributed by atoms with Gasteiger partial charge in [0.2, 0.25) is 5.89 Å². The van der Waals surface area contributed by atoms with Crippen LogP contribution in [-0.2, 0) is 16.4 Å². The predicted octanol–water partition coefficient (Wildman–Crippen LogP) is 0.557. The number of rotatable bonds is 5. The zero-order chi connectivity index (χ0) is 13.9. The average Bonchev–Trinajstić information content (AvgIpc) is 2.77. The molecule has 0 aliphatic carbocycles. The lowest BCUT2D eigenvalue weighted by Gasteiger charge is -2.21. The molecule has 0 spiro atoms. The fourth-order valence-electron chi connectivity index (χ4n) is 1.88. The molecule has 1 aromatic rings. The molecule has 0 atom stereocenters. The molecule has 7 nitrogen and oxygen atoms in total. The molecule has 19 heavy (non-hydrogen) atoms. The Kier molecular flexibility index (Phi) is 4.41. The highest BCUT2D eigenvalue weighted by molar-refractivity contribution is 7.91. The maximum Gasteiger partial charge on any atom is 0.315 e. The summed E-state index contributed by atoms with van der Waals surface area (Å²) in [5.74, 6) is 0.973. The van der Waals surface area contributed by atoms with Crippen molar-refractivity contribution < 1.29 is 12.8 Å². The summed E-state index contributed by atoms with van der Waals surface area (Å²) >= 11 is 0. The summed E-state index contributed by atoms with van der Waals surface area (Å²) < 4.78 is 28.1. The standard InChI is InChI=1S/C11H20N4O3S/c1-8(2)12-7-10-14-15-11(18-10)13-9-3-5-19(16,17)6-4-9/h8-9,12H,3-7H2,1-2H3,(H,13,15). The van der Waals surface area contributed by atoms with Crippen LogP contribution in [0, 0.1) is 0 Å². The van der Waals surface area contributed by atoms with Gasteiger partial charge in [0.25, 0.3) is 0 Å². The lowest BCUT2D eigenvalue weighted by molar-refractivity contribution is 0.452. The fourth-order valence-corrected chi connectivity index (χ4v) is 3.38. The van der Waals surface area contributed by atoms with Crippen molar-refractivity contribution in [1.29, 1.82) is 0 Å². The number of nitrogens with zero attached hydrogens (tertiary/aromatic N) is 2. The first-order valence-corrected chi connectivity index (χ1v) is 8.29. The molecule has 0 radical (unpaired) electrons. The summed E-state index contributed by atoms with van der Waals surface area (Å²) in [6.45, 7) is 4.61. The van der Waals surface area contributed by atoms with Crippen LogP contribution in [0.3, 0.4) is 0 Å². The lowest BCUT2D eigenvalue weighted by atomic mass is 10.2. The molecule has 0 saturated carbocycles. The molecule has 1 aliphatic heterocycles. The summed E-state index contributed by atoms with van der Waals surface area (Å²) in [5.41, 5.74) is 0. The summed E-state index contributed by atoms with van der Waals surface area (Å²) in [6.07, 6.45) is 1.18. The second-order valence-electron chi connectivity index (χ2n) is 5.11. The topological polar surface area (TPSA) is 97.1 Å². The second-order valence-corrected chi connectivity index (χ2v) is 7.41. The largest absolute Gasteiger partial charge is 0.407 e. The third kappa shape index (κ3) is 4.46. The van der Waals surface area contributed by atoms with Crippen LogP contribution < -0.4 is 10.6 Å². The van der Waals surface area contributed by atoms with Gasteiger partial charge < -0.3 is 15.1 Å². The van der Waals surface area contributed by atoms with Gasteiger partial charge in [-0.1, -0.05) is 18.9 Å². The third-order valence-corrected chi connectivity index (χ3v) is 4.73. The third-order valence-electron chi connectivity index (χ3n) is 3.01. The van der Waals surface area contributed by atoms with Crippen LogP contribution in [0.1, 0.15) is 32.6 Å². The Balaban J connectivity index is 1.83. The quantitative estimate of drug-likeness (QED) is 0.817. The molecule has 0 unspecified atom stereocenters. The highest BCUT2D eigenvalue weighted by Crippen LogP contribution is 2.17. The van der Waals surface area contributed by atoms with Gasteiger partial charge in [0.05, 0.1) is 18.1 Å². The minimum absolute atomic E-state index is 0.0925. The molecule has 1 aromatic heterocycles. The molecule has 0 amide bonds. The van der Waals surface area contributed by atoms with E-state index in [0.29, 0.717) is 37.3 Å². The lowest BCUT2D eigenvalue weighted by Crippen LogP contribution is -2.32. The van der Waals surface area contributed by atoms with Crippen molar-refractivity contribution in [2.45, 2.75) is 45.3 Å². The van der Waals surface area contributed by atoms with Crippen molar-refractivity contribution in [3.63, 3.8) is 0 Å². The zero-order valence-corrected chi connectivity index (χ0v) is 12.0. The van der Waals surface area contributed by atoms with E-state index in [1.807, 2.05) is 13.8 Å². The number of nitrogens with one attached hydrogen (secondary N) is 2. The number of aromatic nitrogens is 2. The summed E-state index contributed by atoms with van der Waals surface area (Å²) in [4.78, 5) is 0. The van der Waals surface area contributed by atoms with E-state index >= 15 is 0 Å². The highest BCUT2D eigenvalue weighted by Gasteiger charge is 2.24. The van der Waals surface area contributed by atoms with Crippen LogP contribution in [-0.4, -0.2) is 42.2 Å². The molecule has 0 bridgehead atoms. The van der Waals surface area contributed by atoms with E-state index in [0.717, 1.165) is 0 Å². The van der Waals surface area contributed by atoms with Gasteiger partial charge in [-0.15, -0.1) is 5.10 Å². The first kappa shape index (κ1) is 14.3. The average molecular weight is 288 g/mol. The van der Waals surface area contributed by atoms with Crippen molar-refractivity contribution >= 4 is 15.9 Å². The Labute approximate surface area is 113 Å². The van der Waals surface area contributed by atoms with Crippen LogP contribution in [0.4, 0.5) is 6.01 Å². The van der Waals surface area contributed by atoms with E-state index < -0.39 is 9.84 Å². The monoisotopic (exact) mass is 288 g/mol. The molecule has 2 rings (SSSR count). The van der Waals surface area contributed by atoms with E-state index in [1.54, 1.807) is 0 Å². The Morgan fingerprint density at radius 2 is 2.00 bits per heavy atom. The Hall–Kier alpha value is -1.15. The van der Waals surface area contributed by atoms with E-state index in [1.165, 1.54) is 0 Å². The first-order valence-electron chi connectivity index (χ1n) is 6.47. The maximum atomic E-state index is 11.3. The van der Waals surface area contributed by atoms with Crippen molar-refractivity contribution in [3.8, 4) is 0 Å². The van der Waals surface area contributed by atoms with E-state index in [9.17, 15) is 8.42 Å². The van der Waals surface area contributed by atoms with Crippen molar-refractivity contribution in [1.82, 2.24) is 15.5 Å². The summed E-state index contributed by atoms with van der Waals surface area (Å²) in [6, 6.07) is 0.812. The second kappa shape index (κ2) is 5.87. The molecular weight excluding hydrogens is 268 g/mol. The molecule has 2 heterocycles. The summed E-state index contributed by atoms with van der Waals surface area (Å²) in [7, 11) is -2.84. The molecule has 2 N–H and O–H groups in total. The number of anilines is 1. The molecule has 8 heteroatoms. The Morgan fingerprint density at radius 3 is 2.63 bits per heavy atom. The van der Waals surface area contributed by atoms with Gasteiger partial charge in [-0.05, 0) is 12.8 Å². The Morgan fingerprint density at radius 1 is 1.32 bits per heavy atom. The molecule has 108 valence electrons. The number of sulfone groups is 1. The van der Waals surface area contributed by atoms with Gasteiger partial charge in [-0.2, -0.15) is 0 Å². The maximum absolute atomic E-state index is 11.3. The van der Waals surface area contributed by atoms with E-state index in [4.69, 9.17) is 4.42 Å². The zero-order valence-electron chi connectivity index (χ0n) is 11.2. The molecule has 1 aliphatic rings. The minimum Gasteiger partial charge on any atom is -0.407 e. The van der Waals surface area contributed by atoms with Crippen LogP contribution >= 0.6 is 0 Å².